The molecule has 1 heterocycles. The van der Waals surface area contributed by atoms with E-state index >= 15 is 0 Å². The molecule has 0 radical (unpaired) electrons. The Hall–Kier alpha value is -0.0800. The minimum Gasteiger partial charge on any atom is -0.378 e. The van der Waals surface area contributed by atoms with Crippen molar-refractivity contribution in [3.63, 3.8) is 0 Å². The Kier molecular flexibility index (Phi) is 5.40. The van der Waals surface area contributed by atoms with Gasteiger partial charge in [0.2, 0.25) is 0 Å². The topological polar surface area (TPSA) is 26.3 Å². The van der Waals surface area contributed by atoms with Crippen molar-refractivity contribution in [3.05, 3.63) is 0 Å². The fourth-order valence-corrected chi connectivity index (χ4v) is 1.72. The Morgan fingerprint density at radius 2 is 2.31 bits per heavy atom. The van der Waals surface area contributed by atoms with Crippen LogP contribution < -0.4 is 0 Å². The van der Waals surface area contributed by atoms with Crippen LogP contribution in [0, 0.1) is 0 Å². The number of halogens is 1. The average Bonchev–Trinajstić information content (AvgIpc) is 2.64. The fraction of sp³-hybridized carbons (Fsp3) is 0.900. The van der Waals surface area contributed by atoms with E-state index in [1.165, 1.54) is 0 Å². The summed E-state index contributed by atoms with van der Waals surface area (Å²) in [5.74, 6) is 0.919. The van der Waals surface area contributed by atoms with Gasteiger partial charge < -0.3 is 4.74 Å². The Bertz CT molecular complexity index is 153. The van der Waals surface area contributed by atoms with E-state index in [1.807, 2.05) is 0 Å². The van der Waals surface area contributed by atoms with Crippen molar-refractivity contribution in [2.45, 2.75) is 44.6 Å². The van der Waals surface area contributed by atoms with Gasteiger partial charge in [0.05, 0.1) is 6.10 Å². The van der Waals surface area contributed by atoms with Gasteiger partial charge in [0.25, 0.3) is 0 Å². The minimum absolute atomic E-state index is 0.330. The van der Waals surface area contributed by atoms with Crippen LogP contribution in [0.2, 0.25) is 0 Å². The summed E-state index contributed by atoms with van der Waals surface area (Å²) >= 11 is 5.50. The predicted octanol–water partition coefficient (Wildman–Crippen LogP) is 2.53. The van der Waals surface area contributed by atoms with Crippen LogP contribution in [0.5, 0.6) is 0 Å². The quantitative estimate of drug-likeness (QED) is 0.622. The number of carbonyl (C=O) groups is 1. The second-order valence-electron chi connectivity index (χ2n) is 3.50. The van der Waals surface area contributed by atoms with E-state index in [-0.39, 0.29) is 0 Å². The first kappa shape index (κ1) is 11.0. The first-order chi connectivity index (χ1) is 6.33. The molecule has 1 fully saturated rings. The monoisotopic (exact) mass is 204 g/mol. The molecular weight excluding hydrogens is 188 g/mol. The molecule has 0 N–H and O–H groups in total. The summed E-state index contributed by atoms with van der Waals surface area (Å²) in [7, 11) is 0. The normalized spacial score (nSPS) is 22.1. The smallest absolute Gasteiger partial charge is 0.133 e. The van der Waals surface area contributed by atoms with Crippen LogP contribution in [-0.4, -0.2) is 24.4 Å². The van der Waals surface area contributed by atoms with Crippen molar-refractivity contribution < 1.29 is 9.53 Å². The van der Waals surface area contributed by atoms with E-state index in [4.69, 9.17) is 16.3 Å². The molecule has 2 nitrogen and oxygen atoms in total. The molecule has 1 rings (SSSR count). The van der Waals surface area contributed by atoms with Crippen LogP contribution in [-0.2, 0) is 9.53 Å². The molecule has 1 aliphatic rings. The number of carbonyl (C=O) groups excluding carboxylic acids is 1. The third-order valence-electron chi connectivity index (χ3n) is 2.36. The molecule has 76 valence electrons. The molecule has 3 heteroatoms. The summed E-state index contributed by atoms with van der Waals surface area (Å²) < 4.78 is 5.43. The van der Waals surface area contributed by atoms with Gasteiger partial charge >= 0.3 is 0 Å². The van der Waals surface area contributed by atoms with Crippen molar-refractivity contribution in [2.24, 2.45) is 0 Å². The minimum atomic E-state index is 0.330. The lowest BCUT2D eigenvalue weighted by atomic mass is 10.1. The standard InChI is InChI=1S/C10H17ClO2/c11-7-1-3-9(12)5-6-10-4-2-8-13-10/h10H,1-8H2. The summed E-state index contributed by atoms with van der Waals surface area (Å²) in [5.41, 5.74) is 0. The van der Waals surface area contributed by atoms with Crippen LogP contribution in [0.1, 0.15) is 38.5 Å². The maximum atomic E-state index is 11.2. The number of Topliss-reactive ketones (excluding diaryl/α,β-unsaturated/α-hetero) is 1. The highest BCUT2D eigenvalue weighted by atomic mass is 35.5. The Morgan fingerprint density at radius 3 is 2.92 bits per heavy atom. The molecular formula is C10H17ClO2. The summed E-state index contributed by atoms with van der Waals surface area (Å²) in [4.78, 5) is 11.2. The fourth-order valence-electron chi connectivity index (χ4n) is 1.58. The van der Waals surface area contributed by atoms with Gasteiger partial charge in [-0.05, 0) is 25.7 Å². The molecule has 0 amide bonds. The van der Waals surface area contributed by atoms with Crippen LogP contribution in [0.4, 0.5) is 0 Å². The van der Waals surface area contributed by atoms with Crippen molar-refractivity contribution in [1.82, 2.24) is 0 Å². The number of hydrogen-bond donors (Lipinski definition) is 0. The van der Waals surface area contributed by atoms with Gasteiger partial charge in [-0.2, -0.15) is 0 Å². The van der Waals surface area contributed by atoms with E-state index in [0.29, 0.717) is 30.6 Å². The average molecular weight is 205 g/mol. The largest absolute Gasteiger partial charge is 0.378 e. The maximum Gasteiger partial charge on any atom is 0.133 e. The molecule has 0 aromatic rings. The highest BCUT2D eigenvalue weighted by Crippen LogP contribution is 2.17. The molecule has 1 unspecified atom stereocenters. The van der Waals surface area contributed by atoms with Gasteiger partial charge in [-0.15, -0.1) is 11.6 Å². The predicted molar refractivity (Wildman–Crippen MR) is 53.2 cm³/mol. The summed E-state index contributed by atoms with van der Waals surface area (Å²) in [5, 5.41) is 0. The number of rotatable bonds is 6. The van der Waals surface area contributed by atoms with Crippen LogP contribution in [0.3, 0.4) is 0 Å². The molecule has 1 saturated heterocycles. The van der Waals surface area contributed by atoms with Gasteiger partial charge in [-0.25, -0.2) is 0 Å². The SMILES string of the molecule is O=C(CCCCl)CCC1CCCO1. The second kappa shape index (κ2) is 6.39. The van der Waals surface area contributed by atoms with Crippen molar-refractivity contribution in [2.75, 3.05) is 12.5 Å². The molecule has 0 saturated carbocycles. The lowest BCUT2D eigenvalue weighted by molar-refractivity contribution is -0.119. The van der Waals surface area contributed by atoms with Crippen molar-refractivity contribution in [1.29, 1.82) is 0 Å². The highest BCUT2D eigenvalue weighted by molar-refractivity contribution is 6.17. The molecule has 1 aliphatic heterocycles. The molecule has 0 aromatic heterocycles. The Balaban J connectivity index is 2.00. The second-order valence-corrected chi connectivity index (χ2v) is 3.88. The van der Waals surface area contributed by atoms with Gasteiger partial charge in [-0.3, -0.25) is 4.79 Å². The van der Waals surface area contributed by atoms with Gasteiger partial charge in [0.1, 0.15) is 5.78 Å². The van der Waals surface area contributed by atoms with E-state index < -0.39 is 0 Å². The summed E-state index contributed by atoms with van der Waals surface area (Å²) in [6.45, 7) is 0.876. The Labute approximate surface area is 84.6 Å². The van der Waals surface area contributed by atoms with Gasteiger partial charge in [-0.1, -0.05) is 0 Å². The molecule has 0 bridgehead atoms. The summed E-state index contributed by atoms with van der Waals surface area (Å²) in [6, 6.07) is 0. The van der Waals surface area contributed by atoms with E-state index in [2.05, 4.69) is 0 Å². The third-order valence-corrected chi connectivity index (χ3v) is 2.63. The zero-order chi connectivity index (χ0) is 9.52. The van der Waals surface area contributed by atoms with E-state index in [9.17, 15) is 4.79 Å². The molecule has 13 heavy (non-hydrogen) atoms. The lowest BCUT2D eigenvalue weighted by Gasteiger charge is -2.07. The molecule has 0 spiro atoms. The van der Waals surface area contributed by atoms with Crippen molar-refractivity contribution >= 4 is 17.4 Å². The zero-order valence-corrected chi connectivity index (χ0v) is 8.68. The first-order valence-electron chi connectivity index (χ1n) is 5.02. The third kappa shape index (κ3) is 4.63. The lowest BCUT2D eigenvalue weighted by Crippen LogP contribution is -2.08. The first-order valence-corrected chi connectivity index (χ1v) is 5.55. The summed E-state index contributed by atoms with van der Waals surface area (Å²) in [6.07, 6.45) is 5.65. The van der Waals surface area contributed by atoms with Crippen LogP contribution in [0.25, 0.3) is 0 Å². The van der Waals surface area contributed by atoms with E-state index in [1.54, 1.807) is 0 Å². The highest BCUT2D eigenvalue weighted by Gasteiger charge is 2.16. The van der Waals surface area contributed by atoms with Gasteiger partial charge in [0.15, 0.2) is 0 Å². The van der Waals surface area contributed by atoms with E-state index in [0.717, 1.165) is 32.3 Å². The molecule has 0 aromatic carbocycles. The molecule has 0 aliphatic carbocycles. The number of alkyl halides is 1. The number of ether oxygens (including phenoxy) is 1. The van der Waals surface area contributed by atoms with Crippen LogP contribution >= 0.6 is 11.6 Å². The van der Waals surface area contributed by atoms with Gasteiger partial charge in [0, 0.05) is 25.3 Å². The Morgan fingerprint density at radius 1 is 1.46 bits per heavy atom. The number of ketones is 1. The molecule has 1 atom stereocenters. The zero-order valence-electron chi connectivity index (χ0n) is 7.93. The van der Waals surface area contributed by atoms with Crippen LogP contribution in [0.15, 0.2) is 0 Å². The van der Waals surface area contributed by atoms with Crippen molar-refractivity contribution in [3.8, 4) is 0 Å². The number of hydrogen-bond acceptors (Lipinski definition) is 2. The maximum absolute atomic E-state index is 11.2.